The van der Waals surface area contributed by atoms with Crippen molar-refractivity contribution < 1.29 is 4.79 Å². The largest absolute Gasteiger partial charge is 0.355 e. The molecule has 1 unspecified atom stereocenters. The van der Waals surface area contributed by atoms with Crippen LogP contribution in [-0.2, 0) is 11.3 Å². The van der Waals surface area contributed by atoms with Gasteiger partial charge in [-0.25, -0.2) is 4.98 Å². The summed E-state index contributed by atoms with van der Waals surface area (Å²) in [5, 5.41) is 9.16. The molecule has 0 radical (unpaired) electrons. The number of carbonyl (C=O) groups excluding carboxylic acids is 1. The van der Waals surface area contributed by atoms with E-state index in [1.807, 2.05) is 19.2 Å². The zero-order valence-electron chi connectivity index (χ0n) is 11.6. The van der Waals surface area contributed by atoms with E-state index in [-0.39, 0.29) is 11.9 Å². The van der Waals surface area contributed by atoms with E-state index in [2.05, 4.69) is 29.5 Å². The first-order valence-electron chi connectivity index (χ1n) is 6.41. The fraction of sp³-hybridized carbons (Fsp3) is 0.692. The van der Waals surface area contributed by atoms with Crippen molar-refractivity contribution in [1.29, 1.82) is 0 Å². The van der Waals surface area contributed by atoms with Crippen LogP contribution in [0.15, 0.2) is 5.38 Å². The van der Waals surface area contributed by atoms with Crippen molar-refractivity contribution in [3.8, 4) is 0 Å². The van der Waals surface area contributed by atoms with Gasteiger partial charge in [0.1, 0.15) is 5.01 Å². The second-order valence-corrected chi connectivity index (χ2v) is 5.90. The number of aromatic nitrogens is 1. The number of amides is 1. The Balaban J connectivity index is 2.23. The van der Waals surface area contributed by atoms with Crippen molar-refractivity contribution in [2.75, 3.05) is 6.54 Å². The highest BCUT2D eigenvalue weighted by Crippen LogP contribution is 2.08. The summed E-state index contributed by atoms with van der Waals surface area (Å²) in [6, 6.07) is -0.179. The molecule has 0 spiro atoms. The Morgan fingerprint density at radius 1 is 1.44 bits per heavy atom. The van der Waals surface area contributed by atoms with Crippen LogP contribution in [0, 0.1) is 12.8 Å². The Morgan fingerprint density at radius 2 is 2.17 bits per heavy atom. The lowest BCUT2D eigenvalue weighted by molar-refractivity contribution is -0.122. The minimum atomic E-state index is -0.179. The first-order valence-corrected chi connectivity index (χ1v) is 7.29. The molecule has 1 atom stereocenters. The zero-order chi connectivity index (χ0) is 13.5. The number of thiazole rings is 1. The maximum atomic E-state index is 11.8. The molecule has 1 heterocycles. The molecule has 0 aliphatic rings. The molecule has 0 bridgehead atoms. The number of rotatable bonds is 7. The molecule has 4 nitrogen and oxygen atoms in total. The summed E-state index contributed by atoms with van der Waals surface area (Å²) in [6.07, 6.45) is 1.02. The van der Waals surface area contributed by atoms with Crippen LogP contribution >= 0.6 is 11.3 Å². The van der Waals surface area contributed by atoms with Gasteiger partial charge in [-0.1, -0.05) is 13.8 Å². The van der Waals surface area contributed by atoms with Crippen LogP contribution in [0.25, 0.3) is 0 Å². The molecule has 0 saturated heterocycles. The van der Waals surface area contributed by atoms with Crippen LogP contribution in [0.1, 0.15) is 37.9 Å². The molecule has 1 aromatic rings. The predicted molar refractivity (Wildman–Crippen MR) is 75.6 cm³/mol. The van der Waals surface area contributed by atoms with Gasteiger partial charge in [-0.3, -0.25) is 10.1 Å². The van der Waals surface area contributed by atoms with Crippen LogP contribution in [0.4, 0.5) is 0 Å². The van der Waals surface area contributed by atoms with Crippen molar-refractivity contribution in [1.82, 2.24) is 15.6 Å². The van der Waals surface area contributed by atoms with Crippen molar-refractivity contribution in [3.63, 3.8) is 0 Å². The van der Waals surface area contributed by atoms with E-state index >= 15 is 0 Å². The van der Waals surface area contributed by atoms with Gasteiger partial charge in [0, 0.05) is 24.2 Å². The Hall–Kier alpha value is -0.940. The highest BCUT2D eigenvalue weighted by molar-refractivity contribution is 7.09. The third kappa shape index (κ3) is 5.60. The number of hydrogen-bond donors (Lipinski definition) is 2. The predicted octanol–water partition coefficient (Wildman–Crippen LogP) is 2.09. The SMILES string of the molecule is Cc1csc(CNC(C)C(=O)NCCC(C)C)n1. The van der Waals surface area contributed by atoms with Gasteiger partial charge in [-0.05, 0) is 26.2 Å². The number of aryl methyl sites for hydroxylation is 1. The maximum Gasteiger partial charge on any atom is 0.236 e. The molecule has 18 heavy (non-hydrogen) atoms. The van der Waals surface area contributed by atoms with Gasteiger partial charge >= 0.3 is 0 Å². The van der Waals surface area contributed by atoms with E-state index in [0.29, 0.717) is 12.5 Å². The molecule has 0 aliphatic carbocycles. The van der Waals surface area contributed by atoms with Crippen molar-refractivity contribution >= 4 is 17.2 Å². The Kier molecular flexibility index (Phi) is 6.29. The Morgan fingerprint density at radius 3 is 2.72 bits per heavy atom. The summed E-state index contributed by atoms with van der Waals surface area (Å²) < 4.78 is 0. The van der Waals surface area contributed by atoms with Crippen molar-refractivity contribution in [3.05, 3.63) is 16.1 Å². The molecular formula is C13H23N3OS. The minimum Gasteiger partial charge on any atom is -0.355 e. The molecule has 102 valence electrons. The fourth-order valence-corrected chi connectivity index (χ4v) is 2.18. The van der Waals surface area contributed by atoms with Crippen molar-refractivity contribution in [2.24, 2.45) is 5.92 Å². The summed E-state index contributed by atoms with van der Waals surface area (Å²) in [4.78, 5) is 16.1. The van der Waals surface area contributed by atoms with E-state index in [1.165, 1.54) is 0 Å². The van der Waals surface area contributed by atoms with Gasteiger partial charge in [0.2, 0.25) is 5.91 Å². The molecule has 1 amide bonds. The molecule has 0 aromatic carbocycles. The average molecular weight is 269 g/mol. The minimum absolute atomic E-state index is 0.0592. The third-order valence-electron chi connectivity index (χ3n) is 2.64. The Labute approximate surface area is 113 Å². The van der Waals surface area contributed by atoms with Gasteiger partial charge in [-0.2, -0.15) is 0 Å². The van der Waals surface area contributed by atoms with E-state index in [0.717, 1.165) is 23.7 Å². The topological polar surface area (TPSA) is 54.0 Å². The molecule has 0 saturated carbocycles. The van der Waals surface area contributed by atoms with E-state index in [1.54, 1.807) is 11.3 Å². The number of nitrogens with zero attached hydrogens (tertiary/aromatic N) is 1. The second-order valence-electron chi connectivity index (χ2n) is 4.96. The average Bonchev–Trinajstić information content (AvgIpc) is 2.71. The Bertz CT molecular complexity index is 376. The lowest BCUT2D eigenvalue weighted by atomic mass is 10.1. The first-order chi connectivity index (χ1) is 8.49. The summed E-state index contributed by atoms with van der Waals surface area (Å²) in [5.74, 6) is 0.677. The number of carbonyl (C=O) groups is 1. The fourth-order valence-electron chi connectivity index (χ4n) is 1.45. The monoisotopic (exact) mass is 269 g/mol. The molecule has 0 fully saturated rings. The van der Waals surface area contributed by atoms with Gasteiger partial charge < -0.3 is 5.32 Å². The molecule has 1 rings (SSSR count). The van der Waals surface area contributed by atoms with Crippen LogP contribution in [0.5, 0.6) is 0 Å². The second kappa shape index (κ2) is 7.48. The van der Waals surface area contributed by atoms with Crippen molar-refractivity contribution in [2.45, 2.75) is 46.7 Å². The van der Waals surface area contributed by atoms with E-state index in [9.17, 15) is 4.79 Å². The zero-order valence-corrected chi connectivity index (χ0v) is 12.4. The van der Waals surface area contributed by atoms with Crippen LogP contribution in [-0.4, -0.2) is 23.5 Å². The number of hydrogen-bond acceptors (Lipinski definition) is 4. The van der Waals surface area contributed by atoms with Gasteiger partial charge in [-0.15, -0.1) is 11.3 Å². The number of nitrogens with one attached hydrogen (secondary N) is 2. The summed E-state index contributed by atoms with van der Waals surface area (Å²) >= 11 is 1.62. The van der Waals surface area contributed by atoms with Crippen LogP contribution in [0.3, 0.4) is 0 Å². The maximum absolute atomic E-state index is 11.8. The van der Waals surface area contributed by atoms with Crippen LogP contribution < -0.4 is 10.6 Å². The van der Waals surface area contributed by atoms with Gasteiger partial charge in [0.15, 0.2) is 0 Å². The van der Waals surface area contributed by atoms with E-state index in [4.69, 9.17) is 0 Å². The summed E-state index contributed by atoms with van der Waals surface area (Å²) in [6.45, 7) is 9.56. The lowest BCUT2D eigenvalue weighted by Crippen LogP contribution is -2.42. The molecule has 2 N–H and O–H groups in total. The lowest BCUT2D eigenvalue weighted by Gasteiger charge is -2.13. The smallest absolute Gasteiger partial charge is 0.236 e. The molecule has 5 heteroatoms. The quantitative estimate of drug-likeness (QED) is 0.797. The summed E-state index contributed by atoms with van der Waals surface area (Å²) in [7, 11) is 0. The standard InChI is InChI=1S/C13H23N3OS/c1-9(2)5-6-14-13(17)11(4)15-7-12-16-10(3)8-18-12/h8-9,11,15H,5-7H2,1-4H3,(H,14,17). The first kappa shape index (κ1) is 15.1. The van der Waals surface area contributed by atoms with Crippen LogP contribution in [0.2, 0.25) is 0 Å². The molecule has 1 aromatic heterocycles. The van der Waals surface area contributed by atoms with E-state index < -0.39 is 0 Å². The molecular weight excluding hydrogens is 246 g/mol. The highest BCUT2D eigenvalue weighted by Gasteiger charge is 2.12. The van der Waals surface area contributed by atoms with Gasteiger partial charge in [0.05, 0.1) is 6.04 Å². The normalized spacial score (nSPS) is 12.7. The third-order valence-corrected chi connectivity index (χ3v) is 3.61. The summed E-state index contributed by atoms with van der Waals surface area (Å²) in [5.41, 5.74) is 1.03. The molecule has 0 aliphatic heterocycles. The van der Waals surface area contributed by atoms with Gasteiger partial charge in [0.25, 0.3) is 0 Å². The highest BCUT2D eigenvalue weighted by atomic mass is 32.1.